The highest BCUT2D eigenvalue weighted by molar-refractivity contribution is 5.71. The molecule has 1 aliphatic heterocycles. The van der Waals surface area contributed by atoms with Gasteiger partial charge in [0.15, 0.2) is 0 Å². The second-order valence-electron chi connectivity index (χ2n) is 5.36. The zero-order valence-electron chi connectivity index (χ0n) is 12.8. The smallest absolute Gasteiger partial charge is 0.320 e. The van der Waals surface area contributed by atoms with Gasteiger partial charge in [0.1, 0.15) is 5.75 Å². The standard InChI is InChI=1S/C16H24N2O3/c1-3-21-16(19)11-18-8-6-12(7-9-18)13-4-5-14(17)15(10-13)20-2/h4-5,10,12H,3,6-9,11,17H2,1-2H3. The Labute approximate surface area is 126 Å². The summed E-state index contributed by atoms with van der Waals surface area (Å²) in [7, 11) is 1.64. The van der Waals surface area contributed by atoms with Crippen molar-refractivity contribution in [2.24, 2.45) is 0 Å². The Bertz CT molecular complexity index is 482. The molecule has 0 aliphatic carbocycles. The first-order valence-corrected chi connectivity index (χ1v) is 7.45. The Hall–Kier alpha value is -1.75. The molecule has 0 spiro atoms. The van der Waals surface area contributed by atoms with Gasteiger partial charge in [-0.3, -0.25) is 9.69 Å². The van der Waals surface area contributed by atoms with E-state index >= 15 is 0 Å². The number of ether oxygens (including phenoxy) is 2. The molecule has 5 nitrogen and oxygen atoms in total. The number of hydrogen-bond donors (Lipinski definition) is 1. The molecule has 0 saturated carbocycles. The number of esters is 1. The third kappa shape index (κ3) is 4.11. The van der Waals surface area contributed by atoms with Crippen LogP contribution in [0.5, 0.6) is 5.75 Å². The van der Waals surface area contributed by atoms with Crippen molar-refractivity contribution in [2.45, 2.75) is 25.7 Å². The van der Waals surface area contributed by atoms with Crippen molar-refractivity contribution < 1.29 is 14.3 Å². The van der Waals surface area contributed by atoms with Crippen LogP contribution in [0.3, 0.4) is 0 Å². The molecule has 0 unspecified atom stereocenters. The number of carbonyl (C=O) groups is 1. The Kier molecular flexibility index (Phi) is 5.44. The summed E-state index contributed by atoms with van der Waals surface area (Å²) in [5, 5.41) is 0. The molecule has 0 atom stereocenters. The molecule has 2 rings (SSSR count). The Morgan fingerprint density at radius 3 is 2.71 bits per heavy atom. The second-order valence-corrected chi connectivity index (χ2v) is 5.36. The van der Waals surface area contributed by atoms with Crippen LogP contribution >= 0.6 is 0 Å². The number of nitrogens with two attached hydrogens (primary N) is 1. The SMILES string of the molecule is CCOC(=O)CN1CCC(c2ccc(N)c(OC)c2)CC1. The van der Waals surface area contributed by atoms with Gasteiger partial charge >= 0.3 is 5.97 Å². The van der Waals surface area contributed by atoms with Gasteiger partial charge < -0.3 is 15.2 Å². The first-order chi connectivity index (χ1) is 10.1. The minimum absolute atomic E-state index is 0.134. The van der Waals surface area contributed by atoms with Gasteiger partial charge in [-0.1, -0.05) is 6.07 Å². The minimum Gasteiger partial charge on any atom is -0.495 e. The van der Waals surface area contributed by atoms with Crippen LogP contribution < -0.4 is 10.5 Å². The number of nitrogen functional groups attached to an aromatic ring is 1. The fourth-order valence-corrected chi connectivity index (χ4v) is 2.80. The van der Waals surface area contributed by atoms with Crippen LogP contribution in [0.15, 0.2) is 18.2 Å². The summed E-state index contributed by atoms with van der Waals surface area (Å²) in [6, 6.07) is 6.00. The van der Waals surface area contributed by atoms with Crippen molar-refractivity contribution in [3.63, 3.8) is 0 Å². The van der Waals surface area contributed by atoms with E-state index in [-0.39, 0.29) is 5.97 Å². The van der Waals surface area contributed by atoms with E-state index in [1.807, 2.05) is 19.1 Å². The van der Waals surface area contributed by atoms with Gasteiger partial charge in [-0.15, -0.1) is 0 Å². The van der Waals surface area contributed by atoms with Gasteiger partial charge in [0.2, 0.25) is 0 Å². The van der Waals surface area contributed by atoms with Crippen LogP contribution in [0.4, 0.5) is 5.69 Å². The van der Waals surface area contributed by atoms with Crippen molar-refractivity contribution in [3.05, 3.63) is 23.8 Å². The molecule has 2 N–H and O–H groups in total. The largest absolute Gasteiger partial charge is 0.495 e. The molecule has 1 heterocycles. The molecule has 5 heteroatoms. The maximum Gasteiger partial charge on any atom is 0.320 e. The molecular formula is C16H24N2O3. The molecule has 0 amide bonds. The Morgan fingerprint density at radius 1 is 1.38 bits per heavy atom. The number of hydrogen-bond acceptors (Lipinski definition) is 5. The minimum atomic E-state index is -0.134. The van der Waals surface area contributed by atoms with Crippen LogP contribution in [-0.2, 0) is 9.53 Å². The number of nitrogens with zero attached hydrogens (tertiary/aromatic N) is 1. The number of piperidine rings is 1. The fourth-order valence-electron chi connectivity index (χ4n) is 2.80. The highest BCUT2D eigenvalue weighted by atomic mass is 16.5. The lowest BCUT2D eigenvalue weighted by atomic mass is 9.89. The average molecular weight is 292 g/mol. The molecule has 0 bridgehead atoms. The van der Waals surface area contributed by atoms with Crippen LogP contribution in [0.1, 0.15) is 31.2 Å². The predicted octanol–water partition coefficient (Wildman–Crippen LogP) is 2.02. The van der Waals surface area contributed by atoms with E-state index in [1.165, 1.54) is 5.56 Å². The summed E-state index contributed by atoms with van der Waals surface area (Å²) in [5.74, 6) is 1.10. The molecule has 0 radical (unpaired) electrons. The lowest BCUT2D eigenvalue weighted by Crippen LogP contribution is -2.37. The summed E-state index contributed by atoms with van der Waals surface area (Å²) < 4.78 is 10.3. The number of carbonyl (C=O) groups excluding carboxylic acids is 1. The number of anilines is 1. The Balaban J connectivity index is 1.90. The number of rotatable bonds is 5. The summed E-state index contributed by atoms with van der Waals surface area (Å²) >= 11 is 0. The molecule has 1 saturated heterocycles. The number of benzene rings is 1. The maximum absolute atomic E-state index is 11.5. The van der Waals surface area contributed by atoms with E-state index in [4.69, 9.17) is 15.2 Å². The lowest BCUT2D eigenvalue weighted by molar-refractivity contribution is -0.144. The van der Waals surface area contributed by atoms with Crippen molar-refractivity contribution in [2.75, 3.05) is 39.1 Å². The summed E-state index contributed by atoms with van der Waals surface area (Å²) in [5.41, 5.74) is 7.78. The van der Waals surface area contributed by atoms with Crippen molar-refractivity contribution in [1.82, 2.24) is 4.90 Å². The van der Waals surface area contributed by atoms with Gasteiger partial charge in [0.05, 0.1) is 25.9 Å². The van der Waals surface area contributed by atoms with Gasteiger partial charge in [0.25, 0.3) is 0 Å². The normalized spacial score (nSPS) is 16.7. The molecule has 1 fully saturated rings. The molecule has 1 aromatic carbocycles. The zero-order valence-corrected chi connectivity index (χ0v) is 12.8. The van der Waals surface area contributed by atoms with Crippen LogP contribution in [-0.4, -0.2) is 44.2 Å². The first-order valence-electron chi connectivity index (χ1n) is 7.45. The van der Waals surface area contributed by atoms with Gasteiger partial charge in [0, 0.05) is 0 Å². The van der Waals surface area contributed by atoms with E-state index in [2.05, 4.69) is 11.0 Å². The van der Waals surface area contributed by atoms with E-state index in [9.17, 15) is 4.79 Å². The van der Waals surface area contributed by atoms with Crippen LogP contribution in [0.2, 0.25) is 0 Å². The van der Waals surface area contributed by atoms with E-state index in [0.29, 0.717) is 24.8 Å². The third-order valence-corrected chi connectivity index (χ3v) is 3.97. The van der Waals surface area contributed by atoms with Gasteiger partial charge in [-0.25, -0.2) is 0 Å². The van der Waals surface area contributed by atoms with Gasteiger partial charge in [-0.05, 0) is 56.5 Å². The topological polar surface area (TPSA) is 64.8 Å². The summed E-state index contributed by atoms with van der Waals surface area (Å²) in [6.07, 6.45) is 2.07. The van der Waals surface area contributed by atoms with Crippen LogP contribution in [0, 0.1) is 0 Å². The fraction of sp³-hybridized carbons (Fsp3) is 0.562. The molecule has 1 aliphatic rings. The summed E-state index contributed by atoms with van der Waals surface area (Å²) in [4.78, 5) is 13.6. The molecule has 0 aromatic heterocycles. The number of methoxy groups -OCH3 is 1. The first kappa shape index (κ1) is 15.6. The highest BCUT2D eigenvalue weighted by Crippen LogP contribution is 2.32. The van der Waals surface area contributed by atoms with Crippen molar-refractivity contribution in [3.8, 4) is 5.75 Å². The van der Waals surface area contributed by atoms with E-state index < -0.39 is 0 Å². The molecule has 21 heavy (non-hydrogen) atoms. The predicted molar refractivity (Wildman–Crippen MR) is 82.5 cm³/mol. The van der Waals surface area contributed by atoms with Gasteiger partial charge in [-0.2, -0.15) is 0 Å². The lowest BCUT2D eigenvalue weighted by Gasteiger charge is -2.31. The van der Waals surface area contributed by atoms with Crippen LogP contribution in [0.25, 0.3) is 0 Å². The summed E-state index contributed by atoms with van der Waals surface area (Å²) in [6.45, 7) is 4.50. The molecule has 116 valence electrons. The Morgan fingerprint density at radius 2 is 2.10 bits per heavy atom. The zero-order chi connectivity index (χ0) is 15.2. The molecular weight excluding hydrogens is 268 g/mol. The highest BCUT2D eigenvalue weighted by Gasteiger charge is 2.22. The quantitative estimate of drug-likeness (QED) is 0.664. The third-order valence-electron chi connectivity index (χ3n) is 3.97. The molecule has 1 aromatic rings. The van der Waals surface area contributed by atoms with Crippen molar-refractivity contribution in [1.29, 1.82) is 0 Å². The van der Waals surface area contributed by atoms with E-state index in [0.717, 1.165) is 31.7 Å². The second kappa shape index (κ2) is 7.31. The van der Waals surface area contributed by atoms with Crippen molar-refractivity contribution >= 4 is 11.7 Å². The average Bonchev–Trinajstić information content (AvgIpc) is 2.49. The maximum atomic E-state index is 11.5. The number of likely N-dealkylation sites (tertiary alicyclic amines) is 1. The monoisotopic (exact) mass is 292 g/mol. The van der Waals surface area contributed by atoms with E-state index in [1.54, 1.807) is 7.11 Å².